The van der Waals surface area contributed by atoms with Crippen LogP contribution in [0.2, 0.25) is 0 Å². The lowest BCUT2D eigenvalue weighted by Gasteiger charge is -2.15. The quantitative estimate of drug-likeness (QED) is 0.644. The number of aliphatic hydroxyl groups excluding tert-OH is 1. The molecule has 2 unspecified atom stereocenters. The van der Waals surface area contributed by atoms with Gasteiger partial charge >= 0.3 is 5.69 Å². The van der Waals surface area contributed by atoms with E-state index in [9.17, 15) is 15.2 Å². The summed E-state index contributed by atoms with van der Waals surface area (Å²) in [6.45, 7) is 3.50. The third-order valence-corrected chi connectivity index (χ3v) is 2.54. The lowest BCUT2D eigenvalue weighted by Crippen LogP contribution is -2.21. The van der Waals surface area contributed by atoms with E-state index in [1.807, 2.05) is 6.92 Å². The number of nitro groups is 1. The zero-order valence-electron chi connectivity index (χ0n) is 9.55. The summed E-state index contributed by atoms with van der Waals surface area (Å²) < 4.78 is 0.554. The summed E-state index contributed by atoms with van der Waals surface area (Å²) >= 11 is 3.14. The van der Waals surface area contributed by atoms with Crippen LogP contribution in [0, 0.1) is 10.1 Å². The molecule has 0 amide bonds. The lowest BCUT2D eigenvalue weighted by atomic mass is 10.1. The standard InChI is InChI=1S/C10H14BrN3O3/c1-6(3-7(2)15)13-10-9(14(16)17)4-8(11)5-12-10/h4-7,15H,3H2,1-2H3,(H,12,13). The molecule has 1 rings (SSSR count). The van der Waals surface area contributed by atoms with Gasteiger partial charge in [0.15, 0.2) is 0 Å². The Morgan fingerprint density at radius 3 is 2.82 bits per heavy atom. The van der Waals surface area contributed by atoms with E-state index in [1.165, 1.54) is 12.3 Å². The Labute approximate surface area is 107 Å². The van der Waals surface area contributed by atoms with E-state index in [-0.39, 0.29) is 17.5 Å². The van der Waals surface area contributed by atoms with Crippen molar-refractivity contribution in [1.82, 2.24) is 4.98 Å². The van der Waals surface area contributed by atoms with Crippen LogP contribution in [0.5, 0.6) is 0 Å². The minimum atomic E-state index is -0.491. The Balaban J connectivity index is 2.86. The van der Waals surface area contributed by atoms with Crippen LogP contribution in [0.1, 0.15) is 20.3 Å². The van der Waals surface area contributed by atoms with Crippen molar-refractivity contribution in [3.63, 3.8) is 0 Å². The third-order valence-electron chi connectivity index (χ3n) is 2.11. The van der Waals surface area contributed by atoms with Crippen molar-refractivity contribution in [1.29, 1.82) is 0 Å². The highest BCUT2D eigenvalue weighted by Crippen LogP contribution is 2.26. The van der Waals surface area contributed by atoms with Crippen LogP contribution in [0.3, 0.4) is 0 Å². The average Bonchev–Trinajstić information content (AvgIpc) is 2.19. The molecule has 0 radical (unpaired) electrons. The second kappa shape index (κ2) is 5.92. The molecular weight excluding hydrogens is 290 g/mol. The molecule has 0 bridgehead atoms. The summed E-state index contributed by atoms with van der Waals surface area (Å²) in [7, 11) is 0. The fraction of sp³-hybridized carbons (Fsp3) is 0.500. The van der Waals surface area contributed by atoms with Gasteiger partial charge in [-0.2, -0.15) is 0 Å². The second-order valence-electron chi connectivity index (χ2n) is 3.91. The number of pyridine rings is 1. The molecule has 7 heteroatoms. The Bertz CT molecular complexity index is 412. The molecule has 6 nitrogen and oxygen atoms in total. The van der Waals surface area contributed by atoms with Crippen LogP contribution >= 0.6 is 15.9 Å². The van der Waals surface area contributed by atoms with Gasteiger partial charge in [0.2, 0.25) is 5.82 Å². The van der Waals surface area contributed by atoms with E-state index in [0.717, 1.165) is 0 Å². The van der Waals surface area contributed by atoms with Crippen molar-refractivity contribution in [3.05, 3.63) is 26.9 Å². The molecule has 2 atom stereocenters. The number of rotatable bonds is 5. The smallest absolute Gasteiger partial charge is 0.312 e. The van der Waals surface area contributed by atoms with Crippen LogP contribution in [0.4, 0.5) is 11.5 Å². The minimum Gasteiger partial charge on any atom is -0.393 e. The molecule has 0 aliphatic heterocycles. The summed E-state index contributed by atoms with van der Waals surface area (Å²) in [6, 6.07) is 1.30. The largest absolute Gasteiger partial charge is 0.393 e. The predicted octanol–water partition coefficient (Wildman–Crippen LogP) is 2.32. The van der Waals surface area contributed by atoms with E-state index >= 15 is 0 Å². The fourth-order valence-electron chi connectivity index (χ4n) is 1.48. The second-order valence-corrected chi connectivity index (χ2v) is 4.82. The zero-order chi connectivity index (χ0) is 13.0. The first kappa shape index (κ1) is 13.9. The van der Waals surface area contributed by atoms with Gasteiger partial charge in [0.05, 0.1) is 11.0 Å². The monoisotopic (exact) mass is 303 g/mol. The molecule has 1 aromatic rings. The van der Waals surface area contributed by atoms with Crippen LogP contribution in [0.25, 0.3) is 0 Å². The molecular formula is C10H14BrN3O3. The predicted molar refractivity (Wildman–Crippen MR) is 68.0 cm³/mol. The summed E-state index contributed by atoms with van der Waals surface area (Å²) in [5, 5.41) is 23.0. The first-order chi connectivity index (χ1) is 7.90. The number of nitrogens with one attached hydrogen (secondary N) is 1. The molecule has 1 heterocycles. The number of hydrogen-bond donors (Lipinski definition) is 2. The molecule has 2 N–H and O–H groups in total. The van der Waals surface area contributed by atoms with Crippen molar-refractivity contribution >= 4 is 27.4 Å². The van der Waals surface area contributed by atoms with Crippen molar-refractivity contribution < 1.29 is 10.0 Å². The van der Waals surface area contributed by atoms with Gasteiger partial charge in [0, 0.05) is 22.8 Å². The molecule has 0 spiro atoms. The van der Waals surface area contributed by atoms with Crippen molar-refractivity contribution in [2.75, 3.05) is 5.32 Å². The van der Waals surface area contributed by atoms with Crippen molar-refractivity contribution in [3.8, 4) is 0 Å². The summed E-state index contributed by atoms with van der Waals surface area (Å²) in [5.74, 6) is 0.214. The highest BCUT2D eigenvalue weighted by Gasteiger charge is 2.18. The van der Waals surface area contributed by atoms with Gasteiger partial charge in [-0.05, 0) is 36.2 Å². The Morgan fingerprint density at radius 1 is 1.65 bits per heavy atom. The molecule has 17 heavy (non-hydrogen) atoms. The number of halogens is 1. The molecule has 0 aliphatic rings. The van der Waals surface area contributed by atoms with Gasteiger partial charge in [0.25, 0.3) is 0 Å². The molecule has 0 aromatic carbocycles. The Hall–Kier alpha value is -1.21. The van der Waals surface area contributed by atoms with E-state index in [2.05, 4.69) is 26.2 Å². The number of aromatic nitrogens is 1. The van der Waals surface area contributed by atoms with E-state index in [1.54, 1.807) is 6.92 Å². The van der Waals surface area contributed by atoms with E-state index in [0.29, 0.717) is 10.9 Å². The normalized spacial score (nSPS) is 14.1. The Morgan fingerprint density at radius 2 is 2.29 bits per heavy atom. The van der Waals surface area contributed by atoms with Gasteiger partial charge in [-0.3, -0.25) is 10.1 Å². The minimum absolute atomic E-state index is 0.0863. The van der Waals surface area contributed by atoms with Crippen molar-refractivity contribution in [2.45, 2.75) is 32.4 Å². The maximum atomic E-state index is 10.8. The van der Waals surface area contributed by atoms with Gasteiger partial charge in [-0.15, -0.1) is 0 Å². The summed E-state index contributed by atoms with van der Waals surface area (Å²) in [5.41, 5.74) is -0.0863. The van der Waals surface area contributed by atoms with Crippen LogP contribution in [-0.2, 0) is 0 Å². The maximum absolute atomic E-state index is 10.8. The van der Waals surface area contributed by atoms with Crippen molar-refractivity contribution in [2.24, 2.45) is 0 Å². The number of nitrogens with zero attached hydrogens (tertiary/aromatic N) is 2. The van der Waals surface area contributed by atoms with E-state index in [4.69, 9.17) is 0 Å². The topological polar surface area (TPSA) is 88.3 Å². The van der Waals surface area contributed by atoms with Gasteiger partial charge in [-0.25, -0.2) is 4.98 Å². The first-order valence-electron chi connectivity index (χ1n) is 5.14. The van der Waals surface area contributed by atoms with Crippen LogP contribution < -0.4 is 5.32 Å². The summed E-state index contributed by atoms with van der Waals surface area (Å²) in [4.78, 5) is 14.3. The summed E-state index contributed by atoms with van der Waals surface area (Å²) in [6.07, 6.45) is 1.52. The van der Waals surface area contributed by atoms with Crippen LogP contribution in [0.15, 0.2) is 16.7 Å². The lowest BCUT2D eigenvalue weighted by molar-refractivity contribution is -0.384. The SMILES string of the molecule is CC(O)CC(C)Nc1ncc(Br)cc1[N+](=O)[O-]. The average molecular weight is 304 g/mol. The number of anilines is 1. The zero-order valence-corrected chi connectivity index (χ0v) is 11.1. The number of hydrogen-bond acceptors (Lipinski definition) is 5. The molecule has 0 saturated heterocycles. The van der Waals surface area contributed by atoms with Gasteiger partial charge < -0.3 is 10.4 Å². The maximum Gasteiger partial charge on any atom is 0.312 e. The Kier molecular flexibility index (Phi) is 4.83. The molecule has 0 saturated carbocycles. The highest BCUT2D eigenvalue weighted by atomic mass is 79.9. The molecule has 1 aromatic heterocycles. The molecule has 0 aliphatic carbocycles. The van der Waals surface area contributed by atoms with Gasteiger partial charge in [0.1, 0.15) is 0 Å². The fourth-order valence-corrected chi connectivity index (χ4v) is 1.80. The molecule has 0 fully saturated rings. The van der Waals surface area contributed by atoms with Crippen LogP contribution in [-0.4, -0.2) is 27.2 Å². The molecule has 94 valence electrons. The van der Waals surface area contributed by atoms with Gasteiger partial charge in [-0.1, -0.05) is 0 Å². The first-order valence-corrected chi connectivity index (χ1v) is 5.94. The third kappa shape index (κ3) is 4.27. The van der Waals surface area contributed by atoms with E-state index < -0.39 is 11.0 Å². The number of aliphatic hydroxyl groups is 1. The highest BCUT2D eigenvalue weighted by molar-refractivity contribution is 9.10.